The molecule has 1 amide bonds. The van der Waals surface area contributed by atoms with Crippen LogP contribution in [0.25, 0.3) is 33.1 Å². The van der Waals surface area contributed by atoms with Crippen LogP contribution in [0.5, 0.6) is 6.01 Å². The standard InChI is InChI=1S/C25H23F2N7O3/c1-4-17(35)34-6-5-33(10-25(34)11-37-12-25)23-15-8-28-22(19(27)21(15)30-24(31-23)36-3)18-13(2)7-16(26)20-14(18)9-29-32-20/h4,7-9H,1,5-6,10-12H2,2-3H3,(H,29,32). The molecule has 6 rings (SSSR count). The SMILES string of the molecule is C=CC(=O)N1CCN(c2nc(OC)nc3c(F)c(-c4c(C)cc(F)c5[nH]ncc45)ncc23)CC12COC2. The number of piperazine rings is 1. The van der Waals surface area contributed by atoms with Crippen molar-refractivity contribution in [2.45, 2.75) is 12.5 Å². The second-order valence-corrected chi connectivity index (χ2v) is 9.26. The van der Waals surface area contributed by atoms with Gasteiger partial charge in [-0.15, -0.1) is 0 Å². The Balaban J connectivity index is 1.49. The summed E-state index contributed by atoms with van der Waals surface area (Å²) in [4.78, 5) is 29.5. The van der Waals surface area contributed by atoms with Crippen molar-refractivity contribution in [3.63, 3.8) is 0 Å². The molecule has 0 bridgehead atoms. The van der Waals surface area contributed by atoms with Crippen LogP contribution in [0.3, 0.4) is 0 Å². The molecule has 1 spiro atoms. The number of carbonyl (C=O) groups is 1. The Kier molecular flexibility index (Phi) is 5.30. The molecule has 1 N–H and O–H groups in total. The quantitative estimate of drug-likeness (QED) is 0.420. The summed E-state index contributed by atoms with van der Waals surface area (Å²) < 4.78 is 41.3. The molecule has 0 radical (unpaired) electrons. The van der Waals surface area contributed by atoms with Gasteiger partial charge in [0.15, 0.2) is 5.82 Å². The first-order chi connectivity index (χ1) is 17.9. The molecule has 2 aliphatic heterocycles. The molecule has 2 saturated heterocycles. The number of anilines is 1. The number of H-pyrrole nitrogens is 1. The molecule has 0 atom stereocenters. The van der Waals surface area contributed by atoms with Gasteiger partial charge in [0.25, 0.3) is 0 Å². The van der Waals surface area contributed by atoms with Crippen molar-refractivity contribution in [2.75, 3.05) is 44.9 Å². The molecule has 1 aromatic carbocycles. The summed E-state index contributed by atoms with van der Waals surface area (Å²) in [7, 11) is 1.41. The van der Waals surface area contributed by atoms with Crippen LogP contribution in [0.4, 0.5) is 14.6 Å². The van der Waals surface area contributed by atoms with E-state index in [0.29, 0.717) is 60.6 Å². The van der Waals surface area contributed by atoms with Gasteiger partial charge in [-0.05, 0) is 24.6 Å². The number of amides is 1. The van der Waals surface area contributed by atoms with E-state index < -0.39 is 17.2 Å². The maximum absolute atomic E-state index is 16.1. The van der Waals surface area contributed by atoms with Crippen LogP contribution in [-0.4, -0.2) is 81.5 Å². The van der Waals surface area contributed by atoms with E-state index >= 15 is 4.39 Å². The Bertz CT molecular complexity index is 1580. The number of nitrogens with one attached hydrogen (secondary N) is 1. The number of aryl methyl sites for hydroxylation is 1. The van der Waals surface area contributed by atoms with Gasteiger partial charge in [0.2, 0.25) is 5.91 Å². The third-order valence-corrected chi connectivity index (χ3v) is 7.08. The molecule has 5 heterocycles. The maximum atomic E-state index is 16.1. The molecule has 0 unspecified atom stereocenters. The number of ether oxygens (including phenoxy) is 2. The molecule has 10 nitrogen and oxygen atoms in total. The lowest BCUT2D eigenvalue weighted by Gasteiger charge is -2.55. The monoisotopic (exact) mass is 507 g/mol. The number of fused-ring (bicyclic) bond motifs is 2. The molecule has 37 heavy (non-hydrogen) atoms. The van der Waals surface area contributed by atoms with E-state index in [2.05, 4.69) is 31.7 Å². The van der Waals surface area contributed by atoms with E-state index in [4.69, 9.17) is 9.47 Å². The van der Waals surface area contributed by atoms with Crippen molar-refractivity contribution >= 4 is 33.5 Å². The molecule has 190 valence electrons. The van der Waals surface area contributed by atoms with Gasteiger partial charge in [0.05, 0.1) is 31.9 Å². The lowest BCUT2D eigenvalue weighted by atomic mass is 9.91. The zero-order valence-corrected chi connectivity index (χ0v) is 20.2. The van der Waals surface area contributed by atoms with Crippen LogP contribution in [0.15, 0.2) is 31.1 Å². The second-order valence-electron chi connectivity index (χ2n) is 9.26. The highest BCUT2D eigenvalue weighted by Gasteiger charge is 2.50. The zero-order valence-electron chi connectivity index (χ0n) is 20.2. The first-order valence-corrected chi connectivity index (χ1v) is 11.7. The van der Waals surface area contributed by atoms with E-state index in [9.17, 15) is 9.18 Å². The number of hydrogen-bond acceptors (Lipinski definition) is 8. The number of benzene rings is 1. The fraction of sp³-hybridized carbons (Fsp3) is 0.320. The summed E-state index contributed by atoms with van der Waals surface area (Å²) in [5.74, 6) is -0.880. The molecular weight excluding hydrogens is 484 g/mol. The summed E-state index contributed by atoms with van der Waals surface area (Å²) in [6, 6.07) is 1.31. The van der Waals surface area contributed by atoms with Gasteiger partial charge in [0.1, 0.15) is 33.9 Å². The van der Waals surface area contributed by atoms with Gasteiger partial charge in [-0.3, -0.25) is 14.9 Å². The van der Waals surface area contributed by atoms with Crippen LogP contribution < -0.4 is 9.64 Å². The van der Waals surface area contributed by atoms with Crippen molar-refractivity contribution in [3.05, 3.63) is 48.3 Å². The minimum absolute atomic E-state index is 0.00802. The third kappa shape index (κ3) is 3.43. The van der Waals surface area contributed by atoms with Crippen LogP contribution >= 0.6 is 0 Å². The van der Waals surface area contributed by atoms with Crippen molar-refractivity contribution in [1.82, 2.24) is 30.0 Å². The molecule has 4 aromatic rings. The minimum Gasteiger partial charge on any atom is -0.467 e. The molecule has 3 aromatic heterocycles. The van der Waals surface area contributed by atoms with Crippen LogP contribution in [0, 0.1) is 18.6 Å². The van der Waals surface area contributed by atoms with Crippen LogP contribution in [0.1, 0.15) is 5.56 Å². The van der Waals surface area contributed by atoms with Crippen molar-refractivity contribution in [3.8, 4) is 17.3 Å². The molecule has 0 aliphatic carbocycles. The Morgan fingerprint density at radius 3 is 2.76 bits per heavy atom. The fourth-order valence-electron chi connectivity index (χ4n) is 5.24. The van der Waals surface area contributed by atoms with Gasteiger partial charge < -0.3 is 19.3 Å². The normalized spacial score (nSPS) is 16.9. The van der Waals surface area contributed by atoms with Gasteiger partial charge in [0, 0.05) is 36.8 Å². The highest BCUT2D eigenvalue weighted by molar-refractivity contribution is 5.99. The molecule has 2 fully saturated rings. The third-order valence-electron chi connectivity index (χ3n) is 7.08. The van der Waals surface area contributed by atoms with Gasteiger partial charge in [-0.1, -0.05) is 6.58 Å². The van der Waals surface area contributed by atoms with E-state index in [1.807, 2.05) is 4.90 Å². The topological polar surface area (TPSA) is 109 Å². The van der Waals surface area contributed by atoms with Crippen molar-refractivity contribution in [2.24, 2.45) is 0 Å². The summed E-state index contributed by atoms with van der Waals surface area (Å²) in [5, 5.41) is 7.35. The van der Waals surface area contributed by atoms with Crippen molar-refractivity contribution in [1.29, 1.82) is 0 Å². The van der Waals surface area contributed by atoms with Gasteiger partial charge in [-0.25, -0.2) is 8.78 Å². The Morgan fingerprint density at radius 2 is 2.05 bits per heavy atom. The van der Waals surface area contributed by atoms with Gasteiger partial charge in [-0.2, -0.15) is 15.1 Å². The fourth-order valence-corrected chi connectivity index (χ4v) is 5.24. The lowest BCUT2D eigenvalue weighted by molar-refractivity contribution is -0.164. The summed E-state index contributed by atoms with van der Waals surface area (Å²) >= 11 is 0. The number of nitrogens with zero attached hydrogens (tertiary/aromatic N) is 6. The summed E-state index contributed by atoms with van der Waals surface area (Å²) in [6.07, 6.45) is 4.26. The predicted molar refractivity (Wildman–Crippen MR) is 131 cm³/mol. The number of methoxy groups -OCH3 is 1. The second kappa shape index (κ2) is 8.44. The molecule has 0 saturated carbocycles. The number of aromatic nitrogens is 5. The van der Waals surface area contributed by atoms with E-state index in [1.165, 1.54) is 31.6 Å². The Morgan fingerprint density at radius 1 is 1.24 bits per heavy atom. The largest absolute Gasteiger partial charge is 0.467 e. The minimum atomic E-state index is -0.682. The van der Waals surface area contributed by atoms with E-state index in [0.717, 1.165) is 0 Å². The number of carbonyl (C=O) groups excluding carboxylic acids is 1. The smallest absolute Gasteiger partial charge is 0.318 e. The summed E-state index contributed by atoms with van der Waals surface area (Å²) in [6.45, 7) is 7.36. The van der Waals surface area contributed by atoms with Gasteiger partial charge >= 0.3 is 6.01 Å². The number of aromatic amines is 1. The van der Waals surface area contributed by atoms with Crippen LogP contribution in [-0.2, 0) is 9.53 Å². The first-order valence-electron chi connectivity index (χ1n) is 11.7. The highest BCUT2D eigenvalue weighted by Crippen LogP contribution is 2.38. The Hall–Kier alpha value is -4.19. The zero-order chi connectivity index (χ0) is 25.9. The number of hydrogen-bond donors (Lipinski definition) is 1. The number of halogens is 2. The predicted octanol–water partition coefficient (Wildman–Crippen LogP) is 2.77. The number of pyridine rings is 1. The van der Waals surface area contributed by atoms with Crippen molar-refractivity contribution < 1.29 is 23.0 Å². The van der Waals surface area contributed by atoms with E-state index in [-0.39, 0.29) is 28.6 Å². The number of rotatable bonds is 4. The lowest BCUT2D eigenvalue weighted by Crippen LogP contribution is -2.72. The Labute approximate surface area is 209 Å². The molecule has 2 aliphatic rings. The highest BCUT2D eigenvalue weighted by atomic mass is 19.1. The molecule has 12 heteroatoms. The average Bonchev–Trinajstić information content (AvgIpc) is 3.38. The van der Waals surface area contributed by atoms with Crippen LogP contribution in [0.2, 0.25) is 0 Å². The average molecular weight is 508 g/mol. The first kappa shape index (κ1) is 23.2. The van der Waals surface area contributed by atoms with E-state index in [1.54, 1.807) is 11.8 Å². The maximum Gasteiger partial charge on any atom is 0.318 e. The summed E-state index contributed by atoms with van der Waals surface area (Å²) in [5.41, 5.74) is 0.615. The molecular formula is C25H23F2N7O3.